The van der Waals surface area contributed by atoms with Crippen molar-refractivity contribution in [2.75, 3.05) is 19.7 Å². The predicted molar refractivity (Wildman–Crippen MR) is 55.7 cm³/mol. The fraction of sp³-hybridized carbons (Fsp3) is 0.818. The molecule has 76 valence electrons. The molecule has 0 aromatic carbocycles. The Morgan fingerprint density at radius 1 is 1.54 bits per heavy atom. The Bertz CT molecular complexity index is 196. The molecule has 0 bridgehead atoms. The maximum Gasteiger partial charge on any atom is 0.0612 e. The van der Waals surface area contributed by atoms with Crippen molar-refractivity contribution in [2.24, 2.45) is 0 Å². The Balaban J connectivity index is 2.54. The first kappa shape index (κ1) is 10.7. The van der Waals surface area contributed by atoms with Crippen LogP contribution in [0.15, 0.2) is 11.6 Å². The van der Waals surface area contributed by atoms with Crippen LogP contribution >= 0.6 is 0 Å². The number of nitrogens with zero attached hydrogens (tertiary/aromatic N) is 1. The van der Waals surface area contributed by atoms with Crippen molar-refractivity contribution in [3.63, 3.8) is 0 Å². The summed E-state index contributed by atoms with van der Waals surface area (Å²) in [5.41, 5.74) is 1.39. The first-order valence-electron chi connectivity index (χ1n) is 5.08. The van der Waals surface area contributed by atoms with Gasteiger partial charge in [0, 0.05) is 12.1 Å². The molecule has 1 heterocycles. The second-order valence-electron chi connectivity index (χ2n) is 4.49. The number of likely N-dealkylation sites (tertiary alicyclic amines) is 1. The van der Waals surface area contributed by atoms with Crippen molar-refractivity contribution in [2.45, 2.75) is 39.2 Å². The number of aliphatic hydroxyl groups excluding tert-OH is 1. The Hall–Kier alpha value is -0.340. The Labute approximate surface area is 81.2 Å². The average Bonchev–Trinajstić information content (AvgIpc) is 2.44. The molecule has 1 atom stereocenters. The van der Waals surface area contributed by atoms with Crippen LogP contribution in [0.1, 0.15) is 33.6 Å². The highest BCUT2D eigenvalue weighted by atomic mass is 16.3. The molecule has 1 saturated heterocycles. The van der Waals surface area contributed by atoms with E-state index in [1.165, 1.54) is 12.0 Å². The maximum atomic E-state index is 9.30. The van der Waals surface area contributed by atoms with Crippen molar-refractivity contribution < 1.29 is 5.11 Å². The summed E-state index contributed by atoms with van der Waals surface area (Å²) in [6.07, 6.45) is 4.58. The van der Waals surface area contributed by atoms with E-state index in [1.807, 2.05) is 0 Å². The van der Waals surface area contributed by atoms with E-state index >= 15 is 0 Å². The zero-order valence-electron chi connectivity index (χ0n) is 9.01. The number of hydrogen-bond donors (Lipinski definition) is 1. The fourth-order valence-corrected chi connectivity index (χ4v) is 1.86. The monoisotopic (exact) mass is 183 g/mol. The molecule has 0 amide bonds. The highest BCUT2D eigenvalue weighted by Crippen LogP contribution is 2.27. The lowest BCUT2D eigenvalue weighted by atomic mass is 10.0. The molecule has 2 heteroatoms. The highest BCUT2D eigenvalue weighted by Gasteiger charge is 2.34. The van der Waals surface area contributed by atoms with E-state index < -0.39 is 0 Å². The first-order valence-corrected chi connectivity index (χ1v) is 5.08. The Morgan fingerprint density at radius 3 is 2.77 bits per heavy atom. The second kappa shape index (κ2) is 4.25. The molecule has 0 spiro atoms. The van der Waals surface area contributed by atoms with Gasteiger partial charge >= 0.3 is 0 Å². The van der Waals surface area contributed by atoms with Gasteiger partial charge in [0.25, 0.3) is 0 Å². The molecule has 1 rings (SSSR count). The third-order valence-corrected chi connectivity index (χ3v) is 2.97. The van der Waals surface area contributed by atoms with E-state index in [9.17, 15) is 5.11 Å². The van der Waals surface area contributed by atoms with Crippen LogP contribution in [0.3, 0.4) is 0 Å². The molecule has 1 fully saturated rings. The predicted octanol–water partition coefficient (Wildman–Crippen LogP) is 1.80. The van der Waals surface area contributed by atoms with Crippen LogP contribution in [0.25, 0.3) is 0 Å². The molecule has 0 aromatic heterocycles. The SMILES string of the molecule is CC(C)=CCN1CCCC1(C)CO. The van der Waals surface area contributed by atoms with E-state index in [2.05, 4.69) is 31.7 Å². The Morgan fingerprint density at radius 2 is 2.23 bits per heavy atom. The Kier molecular flexibility index (Phi) is 3.51. The van der Waals surface area contributed by atoms with E-state index in [-0.39, 0.29) is 12.1 Å². The van der Waals surface area contributed by atoms with E-state index in [4.69, 9.17) is 0 Å². The molecule has 1 unspecified atom stereocenters. The normalized spacial score (nSPS) is 29.2. The van der Waals surface area contributed by atoms with Crippen LogP contribution in [-0.4, -0.2) is 35.2 Å². The van der Waals surface area contributed by atoms with Crippen LogP contribution in [0.5, 0.6) is 0 Å². The molecule has 13 heavy (non-hydrogen) atoms. The van der Waals surface area contributed by atoms with Gasteiger partial charge in [0.05, 0.1) is 6.61 Å². The quantitative estimate of drug-likeness (QED) is 0.674. The van der Waals surface area contributed by atoms with Crippen molar-refractivity contribution >= 4 is 0 Å². The topological polar surface area (TPSA) is 23.5 Å². The summed E-state index contributed by atoms with van der Waals surface area (Å²) >= 11 is 0. The molecular formula is C11H21NO. The molecular weight excluding hydrogens is 162 g/mol. The maximum absolute atomic E-state index is 9.30. The molecule has 0 aromatic rings. The molecule has 0 saturated carbocycles. The lowest BCUT2D eigenvalue weighted by molar-refractivity contribution is 0.0884. The minimum Gasteiger partial charge on any atom is -0.394 e. The molecule has 1 aliphatic heterocycles. The van der Waals surface area contributed by atoms with E-state index in [0.717, 1.165) is 19.5 Å². The second-order valence-corrected chi connectivity index (χ2v) is 4.49. The van der Waals surface area contributed by atoms with E-state index in [1.54, 1.807) is 0 Å². The van der Waals surface area contributed by atoms with Crippen LogP contribution < -0.4 is 0 Å². The smallest absolute Gasteiger partial charge is 0.0612 e. The number of aliphatic hydroxyl groups is 1. The largest absolute Gasteiger partial charge is 0.394 e. The van der Waals surface area contributed by atoms with Gasteiger partial charge < -0.3 is 5.11 Å². The van der Waals surface area contributed by atoms with Crippen LogP contribution in [0, 0.1) is 0 Å². The van der Waals surface area contributed by atoms with Crippen molar-refractivity contribution in [1.82, 2.24) is 4.90 Å². The summed E-state index contributed by atoms with van der Waals surface area (Å²) in [6.45, 7) is 8.78. The zero-order valence-corrected chi connectivity index (χ0v) is 9.01. The van der Waals surface area contributed by atoms with Gasteiger partial charge in [0.2, 0.25) is 0 Å². The fourth-order valence-electron chi connectivity index (χ4n) is 1.86. The van der Waals surface area contributed by atoms with E-state index in [0.29, 0.717) is 0 Å². The number of hydrogen-bond acceptors (Lipinski definition) is 2. The van der Waals surface area contributed by atoms with Gasteiger partial charge in [-0.15, -0.1) is 0 Å². The summed E-state index contributed by atoms with van der Waals surface area (Å²) < 4.78 is 0. The van der Waals surface area contributed by atoms with Crippen molar-refractivity contribution in [3.8, 4) is 0 Å². The highest BCUT2D eigenvalue weighted by molar-refractivity contribution is 5.00. The van der Waals surface area contributed by atoms with Gasteiger partial charge in [0.15, 0.2) is 0 Å². The lowest BCUT2D eigenvalue weighted by Crippen LogP contribution is -2.44. The molecule has 1 aliphatic rings. The zero-order chi connectivity index (χ0) is 9.90. The van der Waals surface area contributed by atoms with Crippen LogP contribution in [0.4, 0.5) is 0 Å². The minimum atomic E-state index is 0.0337. The summed E-state index contributed by atoms with van der Waals surface area (Å²) in [4.78, 5) is 2.38. The molecule has 1 N–H and O–H groups in total. The van der Waals surface area contributed by atoms with Crippen molar-refractivity contribution in [3.05, 3.63) is 11.6 Å². The average molecular weight is 183 g/mol. The van der Waals surface area contributed by atoms with Gasteiger partial charge in [-0.1, -0.05) is 11.6 Å². The van der Waals surface area contributed by atoms with Gasteiger partial charge in [0.1, 0.15) is 0 Å². The van der Waals surface area contributed by atoms with Crippen molar-refractivity contribution in [1.29, 1.82) is 0 Å². The summed E-state index contributed by atoms with van der Waals surface area (Å²) in [7, 11) is 0. The summed E-state index contributed by atoms with van der Waals surface area (Å²) in [5.74, 6) is 0. The lowest BCUT2D eigenvalue weighted by Gasteiger charge is -2.32. The minimum absolute atomic E-state index is 0.0337. The number of allylic oxidation sites excluding steroid dienone is 1. The number of rotatable bonds is 3. The van der Waals surface area contributed by atoms with Gasteiger partial charge in [-0.25, -0.2) is 0 Å². The van der Waals surface area contributed by atoms with Crippen LogP contribution in [0.2, 0.25) is 0 Å². The van der Waals surface area contributed by atoms with Gasteiger partial charge in [-0.3, -0.25) is 4.90 Å². The molecule has 0 radical (unpaired) electrons. The summed E-state index contributed by atoms with van der Waals surface area (Å²) in [6, 6.07) is 0. The van der Waals surface area contributed by atoms with Gasteiger partial charge in [-0.05, 0) is 40.2 Å². The molecule has 2 nitrogen and oxygen atoms in total. The molecule has 0 aliphatic carbocycles. The van der Waals surface area contributed by atoms with Crippen LogP contribution in [-0.2, 0) is 0 Å². The third kappa shape index (κ3) is 2.55. The summed E-state index contributed by atoms with van der Waals surface area (Å²) in [5, 5.41) is 9.30. The standard InChI is InChI=1S/C11H21NO/c1-10(2)5-8-12-7-4-6-11(12,3)9-13/h5,13H,4,6-9H2,1-3H3. The third-order valence-electron chi connectivity index (χ3n) is 2.97. The van der Waals surface area contributed by atoms with Gasteiger partial charge in [-0.2, -0.15) is 0 Å². The first-order chi connectivity index (χ1) is 6.08.